The van der Waals surface area contributed by atoms with Gasteiger partial charge in [0.05, 0.1) is 18.9 Å². The molecule has 3 aromatic rings. The quantitative estimate of drug-likeness (QED) is 0.264. The molecule has 13 nitrogen and oxygen atoms in total. The molecular weight excluding hydrogens is 630 g/mol. The highest BCUT2D eigenvalue weighted by Gasteiger charge is 2.31. The fourth-order valence-electron chi connectivity index (χ4n) is 5.36. The number of hydrogen-bond acceptors (Lipinski definition) is 8. The molecular formula is C36H45N5O8. The van der Waals surface area contributed by atoms with Gasteiger partial charge in [-0.1, -0.05) is 50.2 Å². The van der Waals surface area contributed by atoms with Crippen LogP contribution in [0.15, 0.2) is 71.5 Å². The van der Waals surface area contributed by atoms with Gasteiger partial charge in [-0.2, -0.15) is 0 Å². The molecule has 262 valence electrons. The molecule has 0 fully saturated rings. The van der Waals surface area contributed by atoms with Crippen LogP contribution in [0.3, 0.4) is 0 Å². The van der Waals surface area contributed by atoms with Gasteiger partial charge >= 0.3 is 0 Å². The Bertz CT molecular complexity index is 1560. The molecule has 13 heteroatoms. The molecule has 1 aliphatic rings. The summed E-state index contributed by atoms with van der Waals surface area (Å²) in [5, 5.41) is 14.1. The Morgan fingerprint density at radius 2 is 1.71 bits per heavy atom. The SMILES string of the molecule is COc1ccc2cc1OCC(=O)NCCC[C@H](NC(=O)c1ccoc1)C(=O)N[C@@H](Cc1ccccc1)C(=O)N[C@H](C(C)C)C(=O)NCCC2. The number of benzene rings is 2. The van der Waals surface area contributed by atoms with Crippen molar-refractivity contribution in [1.82, 2.24) is 26.6 Å². The average Bonchev–Trinajstić information content (AvgIpc) is 3.64. The number of fused-ring (bicyclic) bond motifs is 2. The fraction of sp³-hybridized carbons (Fsp3) is 0.417. The minimum Gasteiger partial charge on any atom is -0.493 e. The molecule has 1 aromatic heterocycles. The van der Waals surface area contributed by atoms with E-state index in [1.54, 1.807) is 12.1 Å². The highest BCUT2D eigenvalue weighted by Crippen LogP contribution is 2.28. The van der Waals surface area contributed by atoms with Crippen molar-refractivity contribution in [1.29, 1.82) is 0 Å². The lowest BCUT2D eigenvalue weighted by molar-refractivity contribution is -0.133. The van der Waals surface area contributed by atoms with Gasteiger partial charge in [0, 0.05) is 19.5 Å². The molecule has 2 bridgehead atoms. The highest BCUT2D eigenvalue weighted by atomic mass is 16.5. The van der Waals surface area contributed by atoms with E-state index < -0.39 is 35.8 Å². The summed E-state index contributed by atoms with van der Waals surface area (Å²) in [6.45, 7) is 3.95. The number of carbonyl (C=O) groups is 5. The van der Waals surface area contributed by atoms with E-state index in [-0.39, 0.29) is 49.3 Å². The number of amides is 5. The van der Waals surface area contributed by atoms with E-state index in [9.17, 15) is 24.0 Å². The van der Waals surface area contributed by atoms with Gasteiger partial charge in [0.2, 0.25) is 17.7 Å². The number of hydrogen-bond donors (Lipinski definition) is 5. The maximum atomic E-state index is 13.8. The zero-order valence-electron chi connectivity index (χ0n) is 28.1. The second kappa shape index (κ2) is 18.3. The van der Waals surface area contributed by atoms with E-state index in [1.807, 2.05) is 50.2 Å². The number of ether oxygens (including phenoxy) is 2. The normalized spacial score (nSPS) is 20.3. The molecule has 3 atom stereocenters. The number of rotatable bonds is 6. The fourth-order valence-corrected chi connectivity index (χ4v) is 5.36. The molecule has 4 rings (SSSR count). The van der Waals surface area contributed by atoms with Crippen molar-refractivity contribution in [2.24, 2.45) is 5.92 Å². The first-order valence-electron chi connectivity index (χ1n) is 16.5. The van der Waals surface area contributed by atoms with E-state index in [0.717, 1.165) is 11.1 Å². The highest BCUT2D eigenvalue weighted by molar-refractivity contribution is 5.98. The first-order valence-corrected chi connectivity index (χ1v) is 16.5. The molecule has 0 radical (unpaired) electrons. The predicted molar refractivity (Wildman–Crippen MR) is 181 cm³/mol. The summed E-state index contributed by atoms with van der Waals surface area (Å²) < 4.78 is 16.2. The summed E-state index contributed by atoms with van der Waals surface area (Å²) in [4.78, 5) is 66.5. The van der Waals surface area contributed by atoms with Gasteiger partial charge in [0.1, 0.15) is 24.4 Å². The molecule has 0 unspecified atom stereocenters. The summed E-state index contributed by atoms with van der Waals surface area (Å²) in [5.74, 6) is -1.75. The van der Waals surface area contributed by atoms with Crippen molar-refractivity contribution in [3.63, 3.8) is 0 Å². The van der Waals surface area contributed by atoms with Crippen molar-refractivity contribution in [3.05, 3.63) is 83.8 Å². The van der Waals surface area contributed by atoms with Gasteiger partial charge in [-0.3, -0.25) is 24.0 Å². The Balaban J connectivity index is 1.59. The van der Waals surface area contributed by atoms with Crippen LogP contribution in [0.25, 0.3) is 0 Å². The van der Waals surface area contributed by atoms with Crippen LogP contribution in [0, 0.1) is 5.92 Å². The maximum Gasteiger partial charge on any atom is 0.257 e. The van der Waals surface area contributed by atoms with E-state index in [1.165, 1.54) is 25.7 Å². The van der Waals surface area contributed by atoms with Crippen LogP contribution in [-0.2, 0) is 32.0 Å². The Morgan fingerprint density at radius 3 is 2.43 bits per heavy atom. The van der Waals surface area contributed by atoms with E-state index >= 15 is 0 Å². The van der Waals surface area contributed by atoms with Crippen LogP contribution in [-0.4, -0.2) is 74.5 Å². The first kappa shape index (κ1) is 36.5. The lowest BCUT2D eigenvalue weighted by atomic mass is 10.00. The molecule has 2 aromatic carbocycles. The average molecular weight is 676 g/mol. The van der Waals surface area contributed by atoms with Crippen molar-refractivity contribution < 1.29 is 37.9 Å². The van der Waals surface area contributed by atoms with Crippen LogP contribution in [0.5, 0.6) is 11.5 Å². The summed E-state index contributed by atoms with van der Waals surface area (Å²) in [5.41, 5.74) is 1.95. The van der Waals surface area contributed by atoms with Crippen LogP contribution < -0.4 is 36.1 Å². The number of nitrogens with one attached hydrogen (secondary N) is 5. The lowest BCUT2D eigenvalue weighted by Gasteiger charge is -2.27. The predicted octanol–water partition coefficient (Wildman–Crippen LogP) is 2.29. The van der Waals surface area contributed by atoms with Crippen molar-refractivity contribution in [2.75, 3.05) is 26.8 Å². The van der Waals surface area contributed by atoms with Crippen LogP contribution in [0.2, 0.25) is 0 Å². The van der Waals surface area contributed by atoms with Gasteiger partial charge in [-0.15, -0.1) is 0 Å². The largest absolute Gasteiger partial charge is 0.493 e. The van der Waals surface area contributed by atoms with Crippen molar-refractivity contribution in [2.45, 2.75) is 64.1 Å². The second-order valence-electron chi connectivity index (χ2n) is 12.2. The van der Waals surface area contributed by atoms with Gasteiger partial charge in [-0.05, 0) is 60.9 Å². The first-order chi connectivity index (χ1) is 23.6. The molecule has 5 amide bonds. The monoisotopic (exact) mass is 675 g/mol. The standard InChI is InChI=1S/C36H45N5O8/c1-23(2)32-36(46)38-17-7-11-25-13-14-29(47-3)30(20-25)49-22-31(42)37-16-8-12-27(39-33(43)26-15-18-48-21-26)34(44)40-28(35(45)41-32)19-24-9-5-4-6-10-24/h4-6,9-10,13-15,18,20-21,23,27-28,32H,7-8,11-12,16-17,19,22H2,1-3H3,(H,37,42)(H,38,46)(H,39,43)(H,40,44)(H,41,45)/t27-,28-,32+/m0/s1. The molecule has 0 saturated heterocycles. The number of furan rings is 1. The molecule has 49 heavy (non-hydrogen) atoms. The molecule has 0 spiro atoms. The van der Waals surface area contributed by atoms with Gasteiger partial charge in [0.25, 0.3) is 11.8 Å². The molecule has 0 saturated carbocycles. The third kappa shape index (κ3) is 11.1. The second-order valence-corrected chi connectivity index (χ2v) is 12.2. The Hall–Kier alpha value is -5.33. The molecule has 2 heterocycles. The zero-order chi connectivity index (χ0) is 35.2. The zero-order valence-corrected chi connectivity index (χ0v) is 28.1. The topological polar surface area (TPSA) is 177 Å². The van der Waals surface area contributed by atoms with Crippen LogP contribution in [0.1, 0.15) is 54.6 Å². The smallest absolute Gasteiger partial charge is 0.257 e. The van der Waals surface area contributed by atoms with Gasteiger partial charge in [0.15, 0.2) is 18.1 Å². The number of carbonyl (C=O) groups excluding carboxylic acids is 5. The Labute approximate surface area is 285 Å². The number of methoxy groups -OCH3 is 1. The minimum absolute atomic E-state index is 0.142. The van der Waals surface area contributed by atoms with E-state index in [4.69, 9.17) is 13.9 Å². The molecule has 5 N–H and O–H groups in total. The summed E-state index contributed by atoms with van der Waals surface area (Å²) in [6.07, 6.45) is 4.44. The lowest BCUT2D eigenvalue weighted by Crippen LogP contribution is -2.58. The van der Waals surface area contributed by atoms with E-state index in [0.29, 0.717) is 37.3 Å². The summed E-state index contributed by atoms with van der Waals surface area (Å²) in [6, 6.07) is 13.1. The Morgan fingerprint density at radius 1 is 0.939 bits per heavy atom. The van der Waals surface area contributed by atoms with Crippen molar-refractivity contribution in [3.8, 4) is 11.5 Å². The van der Waals surface area contributed by atoms with Gasteiger partial charge < -0.3 is 40.5 Å². The van der Waals surface area contributed by atoms with Crippen LogP contribution in [0.4, 0.5) is 0 Å². The molecule has 0 aliphatic carbocycles. The Kier molecular flexibility index (Phi) is 13.6. The van der Waals surface area contributed by atoms with Crippen molar-refractivity contribution >= 4 is 29.5 Å². The summed E-state index contributed by atoms with van der Waals surface area (Å²) in [7, 11) is 1.51. The van der Waals surface area contributed by atoms with E-state index in [2.05, 4.69) is 26.6 Å². The minimum atomic E-state index is -1.06. The van der Waals surface area contributed by atoms with Crippen LogP contribution >= 0.6 is 0 Å². The summed E-state index contributed by atoms with van der Waals surface area (Å²) >= 11 is 0. The maximum absolute atomic E-state index is 13.8. The molecule has 1 aliphatic heterocycles. The third-order valence-electron chi connectivity index (χ3n) is 8.09. The third-order valence-corrected chi connectivity index (χ3v) is 8.09. The number of aryl methyl sites for hydroxylation is 1. The van der Waals surface area contributed by atoms with Gasteiger partial charge in [-0.25, -0.2) is 0 Å².